The number of allylic oxidation sites excluding steroid dienone is 2. The zero-order valence-electron chi connectivity index (χ0n) is 31.6. The maximum Gasteiger partial charge on any atom is 0.329 e. The molecule has 2 bridgehead atoms. The van der Waals surface area contributed by atoms with E-state index in [0.29, 0.717) is 30.7 Å². The van der Waals surface area contributed by atoms with Crippen molar-refractivity contribution < 1.29 is 37.8 Å². The third-order valence-corrected chi connectivity index (χ3v) is 9.14. The lowest BCUT2D eigenvalue weighted by Gasteiger charge is -2.31. The molecule has 0 unspecified atom stereocenters. The third kappa shape index (κ3) is 13.6. The number of rotatable bonds is 8. The summed E-state index contributed by atoms with van der Waals surface area (Å²) in [7, 11) is 0. The van der Waals surface area contributed by atoms with Crippen LogP contribution in [-0.4, -0.2) is 106 Å². The molecule has 2 aliphatic heterocycles. The average Bonchev–Trinajstić information content (AvgIpc) is 3.82. The number of hydrogen-bond acceptors (Lipinski definition) is 13. The Kier molecular flexibility index (Phi) is 16.3. The molecule has 2 aromatic rings. The number of nitrogens with zero attached hydrogens (tertiary/aromatic N) is 4. The second-order valence-corrected chi connectivity index (χ2v) is 14.1. The number of amides is 2. The summed E-state index contributed by atoms with van der Waals surface area (Å²) in [6, 6.07) is 2.56. The Bertz CT molecular complexity index is 1730. The Hall–Kier alpha value is -5.19. The minimum Gasteiger partial charge on any atom is -0.460 e. The summed E-state index contributed by atoms with van der Waals surface area (Å²) in [4.78, 5) is 63.0. The molecule has 0 aliphatic carbocycles. The molecule has 16 heteroatoms. The number of cyclic esters (lactones) is 1. The molecular weight excluding hydrogens is 711 g/mol. The van der Waals surface area contributed by atoms with Crippen molar-refractivity contribution in [2.24, 2.45) is 23.4 Å². The summed E-state index contributed by atoms with van der Waals surface area (Å²) in [6.45, 7) is 6.46. The van der Waals surface area contributed by atoms with E-state index < -0.39 is 42.2 Å². The number of aromatic nitrogens is 2. The van der Waals surface area contributed by atoms with Gasteiger partial charge in [-0.25, -0.2) is 20.0 Å². The molecule has 4 heterocycles. The lowest BCUT2D eigenvalue weighted by Crippen LogP contribution is -2.45. The van der Waals surface area contributed by atoms with Crippen molar-refractivity contribution in [2.75, 3.05) is 32.7 Å². The maximum absolute atomic E-state index is 14.9. The van der Waals surface area contributed by atoms with Gasteiger partial charge in [-0.3, -0.25) is 19.4 Å². The lowest BCUT2D eigenvalue weighted by atomic mass is 9.89. The van der Waals surface area contributed by atoms with Gasteiger partial charge in [-0.1, -0.05) is 43.7 Å². The zero-order chi connectivity index (χ0) is 39.9. The topological polar surface area (TPSA) is 219 Å². The molecule has 7 N–H and O–H groups in total. The second kappa shape index (κ2) is 21.0. The van der Waals surface area contributed by atoms with Crippen molar-refractivity contribution >= 4 is 29.3 Å². The zero-order valence-corrected chi connectivity index (χ0v) is 31.6. The van der Waals surface area contributed by atoms with Crippen LogP contribution in [-0.2, 0) is 25.5 Å². The normalized spacial score (nSPS) is 24.5. The number of carbonyl (C=O) groups excluding carboxylic acids is 4. The number of nitrogens with one attached hydrogen (secondary N) is 2. The fourth-order valence-electron chi connectivity index (χ4n) is 6.38. The third-order valence-electron chi connectivity index (χ3n) is 9.14. The minimum absolute atomic E-state index is 0.00505. The van der Waals surface area contributed by atoms with Crippen LogP contribution in [0.2, 0.25) is 0 Å². The van der Waals surface area contributed by atoms with Gasteiger partial charge in [-0.05, 0) is 43.9 Å². The highest BCUT2D eigenvalue weighted by Crippen LogP contribution is 2.27. The van der Waals surface area contributed by atoms with Crippen molar-refractivity contribution in [2.45, 2.75) is 77.3 Å². The molecule has 2 aliphatic rings. The number of ether oxygens (including phenoxy) is 1. The van der Waals surface area contributed by atoms with E-state index in [9.17, 15) is 28.7 Å². The molecule has 2 aromatic heterocycles. The Labute approximate surface area is 320 Å². The number of aliphatic hydroxyl groups excluding tert-OH is 1. The van der Waals surface area contributed by atoms with Gasteiger partial charge in [0.25, 0.3) is 5.91 Å². The molecule has 0 saturated carbocycles. The van der Waals surface area contributed by atoms with Gasteiger partial charge in [-0.2, -0.15) is 0 Å². The van der Waals surface area contributed by atoms with Gasteiger partial charge >= 0.3 is 5.97 Å². The summed E-state index contributed by atoms with van der Waals surface area (Å²) >= 11 is 0. The van der Waals surface area contributed by atoms with E-state index >= 15 is 0 Å². The molecule has 2 amide bonds. The van der Waals surface area contributed by atoms with Crippen LogP contribution in [0.4, 0.5) is 4.39 Å². The molecule has 0 radical (unpaired) electrons. The Morgan fingerprint density at radius 1 is 1.24 bits per heavy atom. The monoisotopic (exact) mass is 764 g/mol. The number of hydrogen-bond donors (Lipinski definition) is 5. The largest absolute Gasteiger partial charge is 0.460 e. The molecule has 55 heavy (non-hydrogen) atoms. The van der Waals surface area contributed by atoms with Crippen molar-refractivity contribution in [1.82, 2.24) is 30.5 Å². The van der Waals surface area contributed by atoms with Crippen molar-refractivity contribution in [1.29, 1.82) is 0 Å². The molecule has 1 saturated heterocycles. The summed E-state index contributed by atoms with van der Waals surface area (Å²) < 4.78 is 26.4. The van der Waals surface area contributed by atoms with Crippen LogP contribution < -0.4 is 22.2 Å². The van der Waals surface area contributed by atoms with Gasteiger partial charge in [0.1, 0.15) is 24.6 Å². The van der Waals surface area contributed by atoms with Crippen molar-refractivity contribution in [3.8, 4) is 0 Å². The van der Waals surface area contributed by atoms with E-state index in [1.54, 1.807) is 55.9 Å². The van der Waals surface area contributed by atoms with E-state index in [-0.39, 0.29) is 74.6 Å². The molecule has 0 spiro atoms. The Morgan fingerprint density at radius 2 is 2.00 bits per heavy atom. The number of alkyl halides is 1. The summed E-state index contributed by atoms with van der Waals surface area (Å²) in [5.41, 5.74) is 7.92. The van der Waals surface area contributed by atoms with Gasteiger partial charge < -0.3 is 40.5 Å². The highest BCUT2D eigenvalue weighted by atomic mass is 19.1. The van der Waals surface area contributed by atoms with Gasteiger partial charge in [0.15, 0.2) is 17.4 Å². The van der Waals surface area contributed by atoms with Crippen LogP contribution in [0.3, 0.4) is 0 Å². The van der Waals surface area contributed by atoms with Gasteiger partial charge in [0.05, 0.1) is 31.3 Å². The van der Waals surface area contributed by atoms with E-state index in [1.807, 2.05) is 13.8 Å². The number of fused-ring (bicyclic) bond motifs is 3. The minimum atomic E-state index is -1.50. The number of pyridine rings is 1. The van der Waals surface area contributed by atoms with E-state index in [1.165, 1.54) is 22.1 Å². The number of oxazole rings is 1. The van der Waals surface area contributed by atoms with Gasteiger partial charge in [0.2, 0.25) is 5.91 Å². The standard InChI is InChI=1S/C39H53FN8O7/c1-25(2)37-28(19-35(51)45-15-17-47(42)23-32(41)27-10-13-43-14-11-27)8-9-30(49)22-44-12-4-6-26(3)18-31(50)20-29(40)21-36-46-33(24-54-36)38(52)48-16-5-7-34(48)39(53)55-37/h4,6,8-11,13-14,18,23-25,28-29,31,34,37,44,50H,5,7,12,15-17,19-22,41-42H2,1-3H3,(H,45,51)/b6-4?,9-8+,26-18?,32-23-/t28-,29+,31+,34+,37+/m0/s1. The fourth-order valence-corrected chi connectivity index (χ4v) is 6.38. The smallest absolute Gasteiger partial charge is 0.329 e. The number of halogens is 1. The highest BCUT2D eigenvalue weighted by molar-refractivity contribution is 5.95. The summed E-state index contributed by atoms with van der Waals surface area (Å²) in [6.07, 6.45) is 10.8. The number of nitrogens with two attached hydrogens (primary N) is 2. The fraction of sp³-hybridized carbons (Fsp3) is 0.487. The number of aliphatic hydroxyl groups is 1. The number of hydrazine groups is 1. The van der Waals surface area contributed by atoms with Crippen LogP contribution in [0.25, 0.3) is 5.70 Å². The molecular formula is C39H53FN8O7. The molecule has 298 valence electrons. The Balaban J connectivity index is 1.52. The van der Waals surface area contributed by atoms with Crippen LogP contribution in [0.1, 0.15) is 68.4 Å². The van der Waals surface area contributed by atoms with E-state index in [2.05, 4.69) is 20.6 Å². The lowest BCUT2D eigenvalue weighted by molar-refractivity contribution is -0.159. The first kappa shape index (κ1) is 42.6. The first-order valence-electron chi connectivity index (χ1n) is 18.5. The first-order chi connectivity index (χ1) is 26.3. The highest BCUT2D eigenvalue weighted by Gasteiger charge is 2.39. The molecule has 1 fully saturated rings. The molecule has 15 nitrogen and oxygen atoms in total. The SMILES string of the molecule is CC1=C[C@@H](O)C[C@@H](F)Cc2nc(co2)C(=O)N2CCC[C@@H]2C(=O)O[C@H](C(C)C)[C@H](CC(=O)NCCN(N)/C=C(\N)c2ccncc2)/C=C/C(=O)CNCC=C1. The quantitative estimate of drug-likeness (QED) is 0.148. The summed E-state index contributed by atoms with van der Waals surface area (Å²) in [5, 5.41) is 17.6. The maximum atomic E-state index is 14.9. The molecule has 5 atom stereocenters. The van der Waals surface area contributed by atoms with Gasteiger partial charge in [0, 0.05) is 62.6 Å². The van der Waals surface area contributed by atoms with Crippen LogP contribution in [0.5, 0.6) is 0 Å². The van der Waals surface area contributed by atoms with Crippen LogP contribution >= 0.6 is 0 Å². The van der Waals surface area contributed by atoms with Crippen LogP contribution in [0.15, 0.2) is 77.4 Å². The Morgan fingerprint density at radius 3 is 2.75 bits per heavy atom. The average molecular weight is 765 g/mol. The predicted octanol–water partition coefficient (Wildman–Crippen LogP) is 2.36. The van der Waals surface area contributed by atoms with Crippen molar-refractivity contribution in [3.63, 3.8) is 0 Å². The first-order valence-corrected chi connectivity index (χ1v) is 18.5. The summed E-state index contributed by atoms with van der Waals surface area (Å²) in [5.74, 6) is 3.26. The number of ketones is 1. The predicted molar refractivity (Wildman–Crippen MR) is 203 cm³/mol. The second-order valence-electron chi connectivity index (χ2n) is 14.1. The molecule has 4 rings (SSSR count). The molecule has 0 aromatic carbocycles. The van der Waals surface area contributed by atoms with Crippen LogP contribution in [0, 0.1) is 11.8 Å². The van der Waals surface area contributed by atoms with Crippen molar-refractivity contribution in [3.05, 3.63) is 90.1 Å². The number of carbonyl (C=O) groups is 4. The van der Waals surface area contributed by atoms with Gasteiger partial charge in [-0.15, -0.1) is 0 Å². The van der Waals surface area contributed by atoms with E-state index in [4.69, 9.17) is 20.7 Å². The van der Waals surface area contributed by atoms with E-state index in [0.717, 1.165) is 11.8 Å². The number of esters is 1.